The predicted octanol–water partition coefficient (Wildman–Crippen LogP) is 4.71. The van der Waals surface area contributed by atoms with E-state index in [1.54, 1.807) is 12.1 Å². The largest absolute Gasteiger partial charge is 0.417 e. The molecular formula is C15H20F3NS. The first-order chi connectivity index (χ1) is 9.36. The molecule has 0 heterocycles. The number of alkyl halides is 3. The lowest BCUT2D eigenvalue weighted by Crippen LogP contribution is -2.16. The summed E-state index contributed by atoms with van der Waals surface area (Å²) >= 11 is 1.29. The molecule has 0 atom stereocenters. The van der Waals surface area contributed by atoms with Crippen molar-refractivity contribution in [1.29, 1.82) is 0 Å². The van der Waals surface area contributed by atoms with Gasteiger partial charge in [-0.1, -0.05) is 19.9 Å². The topological polar surface area (TPSA) is 12.0 Å². The summed E-state index contributed by atoms with van der Waals surface area (Å²) in [6.07, 6.45) is -2.02. The smallest absolute Gasteiger partial charge is 0.310 e. The van der Waals surface area contributed by atoms with Crippen LogP contribution >= 0.6 is 11.8 Å². The van der Waals surface area contributed by atoms with Crippen LogP contribution in [0.2, 0.25) is 0 Å². The van der Waals surface area contributed by atoms with E-state index in [1.807, 2.05) is 13.8 Å². The number of nitrogens with one attached hydrogen (secondary N) is 1. The van der Waals surface area contributed by atoms with Crippen LogP contribution in [0.15, 0.2) is 23.1 Å². The molecule has 1 fully saturated rings. The number of hydrogen-bond acceptors (Lipinski definition) is 2. The van der Waals surface area contributed by atoms with Crippen molar-refractivity contribution in [1.82, 2.24) is 5.32 Å². The van der Waals surface area contributed by atoms with Gasteiger partial charge in [0, 0.05) is 23.2 Å². The maximum atomic E-state index is 13.1. The summed E-state index contributed by atoms with van der Waals surface area (Å²) in [5, 5.41) is 3.25. The van der Waals surface area contributed by atoms with E-state index in [9.17, 15) is 13.2 Å². The lowest BCUT2D eigenvalue weighted by molar-refractivity contribution is -0.139. The van der Waals surface area contributed by atoms with Gasteiger partial charge in [-0.2, -0.15) is 13.2 Å². The zero-order valence-electron chi connectivity index (χ0n) is 11.8. The van der Waals surface area contributed by atoms with Crippen molar-refractivity contribution in [3.05, 3.63) is 29.3 Å². The minimum absolute atomic E-state index is 0.335. The van der Waals surface area contributed by atoms with Gasteiger partial charge in [-0.15, -0.1) is 11.8 Å². The van der Waals surface area contributed by atoms with Crippen LogP contribution in [-0.4, -0.2) is 11.8 Å². The van der Waals surface area contributed by atoms with Gasteiger partial charge in [0.05, 0.1) is 5.56 Å². The third-order valence-corrected chi connectivity index (χ3v) is 4.59. The summed E-state index contributed by atoms with van der Waals surface area (Å²) in [7, 11) is 0. The number of benzene rings is 1. The monoisotopic (exact) mass is 303 g/mol. The molecule has 0 amide bonds. The normalized spacial score (nSPS) is 15.9. The standard InChI is InChI=1S/C15H20F3NS/c1-10(2)9-20-14-6-3-11(8-19-12-4-5-12)7-13(14)15(16,17)18/h3,6-7,10,12,19H,4-5,8-9H2,1-2H3. The number of rotatable bonds is 6. The molecule has 2 rings (SSSR count). The van der Waals surface area contributed by atoms with Crippen LogP contribution in [0.4, 0.5) is 13.2 Å². The zero-order valence-corrected chi connectivity index (χ0v) is 12.6. The highest BCUT2D eigenvalue weighted by Gasteiger charge is 2.34. The molecule has 1 aliphatic carbocycles. The lowest BCUT2D eigenvalue weighted by atomic mass is 10.1. The Morgan fingerprint density at radius 3 is 2.55 bits per heavy atom. The van der Waals surface area contributed by atoms with Gasteiger partial charge in [0.15, 0.2) is 0 Å². The molecule has 0 spiro atoms. The van der Waals surface area contributed by atoms with Crippen molar-refractivity contribution in [2.75, 3.05) is 5.75 Å². The van der Waals surface area contributed by atoms with E-state index in [0.717, 1.165) is 12.8 Å². The van der Waals surface area contributed by atoms with E-state index in [4.69, 9.17) is 0 Å². The van der Waals surface area contributed by atoms with E-state index in [-0.39, 0.29) is 0 Å². The van der Waals surface area contributed by atoms with Crippen LogP contribution in [0, 0.1) is 5.92 Å². The summed E-state index contributed by atoms with van der Waals surface area (Å²) in [5.41, 5.74) is 0.205. The summed E-state index contributed by atoms with van der Waals surface area (Å²) in [4.78, 5) is 0.335. The molecule has 5 heteroatoms. The van der Waals surface area contributed by atoms with Crippen molar-refractivity contribution < 1.29 is 13.2 Å². The highest BCUT2D eigenvalue weighted by atomic mass is 32.2. The van der Waals surface area contributed by atoms with Gasteiger partial charge in [0.25, 0.3) is 0 Å². The highest BCUT2D eigenvalue weighted by Crippen LogP contribution is 2.38. The Balaban J connectivity index is 2.13. The van der Waals surface area contributed by atoms with Gasteiger partial charge in [-0.05, 0) is 36.5 Å². The van der Waals surface area contributed by atoms with E-state index in [2.05, 4.69) is 5.32 Å². The van der Waals surface area contributed by atoms with E-state index in [1.165, 1.54) is 17.8 Å². The molecule has 1 saturated carbocycles. The van der Waals surface area contributed by atoms with Crippen LogP contribution in [-0.2, 0) is 12.7 Å². The zero-order chi connectivity index (χ0) is 14.8. The number of halogens is 3. The lowest BCUT2D eigenvalue weighted by Gasteiger charge is -2.15. The van der Waals surface area contributed by atoms with Crippen LogP contribution < -0.4 is 5.32 Å². The summed E-state index contributed by atoms with van der Waals surface area (Å²) in [5.74, 6) is 1.07. The second kappa shape index (κ2) is 6.39. The maximum Gasteiger partial charge on any atom is 0.417 e. The average Bonchev–Trinajstić information content (AvgIpc) is 3.17. The molecule has 1 aromatic rings. The van der Waals surface area contributed by atoms with Crippen molar-refractivity contribution in [2.24, 2.45) is 5.92 Å². The van der Waals surface area contributed by atoms with Crippen molar-refractivity contribution >= 4 is 11.8 Å². The molecular weight excluding hydrogens is 283 g/mol. The van der Waals surface area contributed by atoms with Gasteiger partial charge in [0.2, 0.25) is 0 Å². The molecule has 0 unspecified atom stereocenters. The second-order valence-electron chi connectivity index (χ2n) is 5.69. The van der Waals surface area contributed by atoms with Crippen molar-refractivity contribution in [2.45, 2.75) is 50.3 Å². The number of hydrogen-bond donors (Lipinski definition) is 1. The minimum atomic E-state index is -4.28. The first-order valence-electron chi connectivity index (χ1n) is 6.92. The van der Waals surface area contributed by atoms with E-state index < -0.39 is 11.7 Å². The molecule has 112 valence electrons. The van der Waals surface area contributed by atoms with Gasteiger partial charge in [-0.3, -0.25) is 0 Å². The Kier molecular flexibility index (Phi) is 5.02. The van der Waals surface area contributed by atoms with Gasteiger partial charge >= 0.3 is 6.18 Å². The molecule has 0 radical (unpaired) electrons. The number of thioether (sulfide) groups is 1. The maximum absolute atomic E-state index is 13.1. The molecule has 1 nitrogen and oxygen atoms in total. The summed E-state index contributed by atoms with van der Waals surface area (Å²) in [6.45, 7) is 4.53. The summed E-state index contributed by atoms with van der Waals surface area (Å²) in [6, 6.07) is 5.20. The fourth-order valence-corrected chi connectivity index (χ4v) is 2.85. The van der Waals surface area contributed by atoms with Crippen LogP contribution in [0.5, 0.6) is 0 Å². The van der Waals surface area contributed by atoms with Gasteiger partial charge in [-0.25, -0.2) is 0 Å². The predicted molar refractivity (Wildman–Crippen MR) is 76.9 cm³/mol. The SMILES string of the molecule is CC(C)CSc1ccc(CNC2CC2)cc1C(F)(F)F. The Bertz CT molecular complexity index is 453. The fourth-order valence-electron chi connectivity index (χ4n) is 1.84. The second-order valence-corrected chi connectivity index (χ2v) is 6.75. The molecule has 20 heavy (non-hydrogen) atoms. The van der Waals surface area contributed by atoms with Crippen LogP contribution in [0.3, 0.4) is 0 Å². The van der Waals surface area contributed by atoms with Gasteiger partial charge < -0.3 is 5.32 Å². The first-order valence-corrected chi connectivity index (χ1v) is 7.91. The Morgan fingerprint density at radius 2 is 2.00 bits per heavy atom. The molecule has 0 aromatic heterocycles. The van der Waals surface area contributed by atoms with Crippen molar-refractivity contribution in [3.63, 3.8) is 0 Å². The molecule has 1 N–H and O–H groups in total. The Labute approximate surface area is 122 Å². The average molecular weight is 303 g/mol. The van der Waals surface area contributed by atoms with Crippen LogP contribution in [0.1, 0.15) is 37.8 Å². The van der Waals surface area contributed by atoms with E-state index in [0.29, 0.717) is 34.7 Å². The van der Waals surface area contributed by atoms with Gasteiger partial charge in [0.1, 0.15) is 0 Å². The molecule has 1 aromatic carbocycles. The Morgan fingerprint density at radius 1 is 1.30 bits per heavy atom. The minimum Gasteiger partial charge on any atom is -0.310 e. The fraction of sp³-hybridized carbons (Fsp3) is 0.600. The molecule has 1 aliphatic rings. The quantitative estimate of drug-likeness (QED) is 0.764. The molecule has 0 bridgehead atoms. The third-order valence-electron chi connectivity index (χ3n) is 3.09. The summed E-state index contributed by atoms with van der Waals surface area (Å²) < 4.78 is 39.4. The third kappa shape index (κ3) is 4.70. The Hall–Kier alpha value is -0.680. The van der Waals surface area contributed by atoms with Crippen molar-refractivity contribution in [3.8, 4) is 0 Å². The molecule has 0 saturated heterocycles. The highest BCUT2D eigenvalue weighted by molar-refractivity contribution is 7.99. The molecule has 0 aliphatic heterocycles. The van der Waals surface area contributed by atoms with E-state index >= 15 is 0 Å². The first kappa shape index (κ1) is 15.7. The van der Waals surface area contributed by atoms with Crippen LogP contribution in [0.25, 0.3) is 0 Å².